The molecule has 0 saturated carbocycles. The summed E-state index contributed by atoms with van der Waals surface area (Å²) in [5.41, 5.74) is 1.39. The lowest BCUT2D eigenvalue weighted by molar-refractivity contribution is 0.110. The van der Waals surface area contributed by atoms with E-state index in [9.17, 15) is 5.11 Å². The molecule has 1 aromatic carbocycles. The highest BCUT2D eigenvalue weighted by Gasteiger charge is 2.23. The van der Waals surface area contributed by atoms with Crippen LogP contribution >= 0.6 is 0 Å². The second-order valence-electron chi connectivity index (χ2n) is 4.87. The van der Waals surface area contributed by atoms with Crippen molar-refractivity contribution in [1.29, 1.82) is 0 Å². The number of hydrogen-bond acceptors (Lipinski definition) is 3. The predicted molar refractivity (Wildman–Crippen MR) is 70.1 cm³/mol. The molecular weight excluding hydrogens is 212 g/mol. The third kappa shape index (κ3) is 3.53. The summed E-state index contributed by atoms with van der Waals surface area (Å²) in [6.07, 6.45) is 1.09. The highest BCUT2D eigenvalue weighted by molar-refractivity contribution is 5.14. The van der Waals surface area contributed by atoms with Gasteiger partial charge in [-0.3, -0.25) is 4.90 Å². The maximum atomic E-state index is 9.19. The van der Waals surface area contributed by atoms with Gasteiger partial charge in [-0.1, -0.05) is 30.3 Å². The van der Waals surface area contributed by atoms with Gasteiger partial charge in [0.25, 0.3) is 0 Å². The molecule has 3 nitrogen and oxygen atoms in total. The standard InChI is InChI=1S/C14H22N2O/c1-12-9-15-14(11-17)10-16(12)8-7-13-5-3-2-4-6-13/h2-6,12,14-15,17H,7-11H2,1H3. The van der Waals surface area contributed by atoms with Gasteiger partial charge in [0.1, 0.15) is 0 Å². The summed E-state index contributed by atoms with van der Waals surface area (Å²) >= 11 is 0. The van der Waals surface area contributed by atoms with Gasteiger partial charge in [0.15, 0.2) is 0 Å². The van der Waals surface area contributed by atoms with Gasteiger partial charge in [-0.25, -0.2) is 0 Å². The minimum atomic E-state index is 0.231. The van der Waals surface area contributed by atoms with Crippen molar-refractivity contribution >= 4 is 0 Å². The summed E-state index contributed by atoms with van der Waals surface area (Å²) in [5.74, 6) is 0. The lowest BCUT2D eigenvalue weighted by Crippen LogP contribution is -2.56. The van der Waals surface area contributed by atoms with Crippen LogP contribution in [0.3, 0.4) is 0 Å². The van der Waals surface area contributed by atoms with Crippen LogP contribution in [0.5, 0.6) is 0 Å². The lowest BCUT2D eigenvalue weighted by atomic mass is 10.1. The molecule has 0 spiro atoms. The van der Waals surface area contributed by atoms with Crippen molar-refractivity contribution < 1.29 is 5.11 Å². The topological polar surface area (TPSA) is 35.5 Å². The molecule has 2 rings (SSSR count). The fourth-order valence-electron chi connectivity index (χ4n) is 2.35. The van der Waals surface area contributed by atoms with E-state index in [4.69, 9.17) is 0 Å². The number of nitrogens with one attached hydrogen (secondary N) is 1. The Morgan fingerprint density at radius 2 is 2.12 bits per heavy atom. The zero-order valence-corrected chi connectivity index (χ0v) is 10.5. The fourth-order valence-corrected chi connectivity index (χ4v) is 2.35. The Kier molecular flexibility index (Phi) is 4.54. The molecule has 3 heteroatoms. The minimum absolute atomic E-state index is 0.231. The Balaban J connectivity index is 1.85. The molecule has 1 aliphatic rings. The smallest absolute Gasteiger partial charge is 0.0597 e. The third-order valence-corrected chi connectivity index (χ3v) is 3.53. The van der Waals surface area contributed by atoms with E-state index in [1.54, 1.807) is 0 Å². The molecular formula is C14H22N2O. The van der Waals surface area contributed by atoms with Crippen molar-refractivity contribution in [2.75, 3.05) is 26.2 Å². The molecule has 1 saturated heterocycles. The quantitative estimate of drug-likeness (QED) is 0.812. The van der Waals surface area contributed by atoms with Crippen LogP contribution < -0.4 is 5.32 Å². The number of hydrogen-bond donors (Lipinski definition) is 2. The zero-order valence-electron chi connectivity index (χ0n) is 10.5. The first-order valence-corrected chi connectivity index (χ1v) is 6.42. The van der Waals surface area contributed by atoms with Gasteiger partial charge in [-0.15, -0.1) is 0 Å². The van der Waals surface area contributed by atoms with Crippen molar-refractivity contribution in [3.8, 4) is 0 Å². The fraction of sp³-hybridized carbons (Fsp3) is 0.571. The highest BCUT2D eigenvalue weighted by atomic mass is 16.3. The van der Waals surface area contributed by atoms with Crippen molar-refractivity contribution in [3.63, 3.8) is 0 Å². The average Bonchev–Trinajstić information content (AvgIpc) is 2.39. The Labute approximate surface area is 103 Å². The van der Waals surface area contributed by atoms with Crippen LogP contribution in [0.25, 0.3) is 0 Å². The van der Waals surface area contributed by atoms with Gasteiger partial charge in [-0.2, -0.15) is 0 Å². The van der Waals surface area contributed by atoms with Crippen molar-refractivity contribution in [2.45, 2.75) is 25.4 Å². The van der Waals surface area contributed by atoms with E-state index in [2.05, 4.69) is 47.5 Å². The molecule has 1 aromatic rings. The molecule has 2 unspecified atom stereocenters. The summed E-state index contributed by atoms with van der Waals surface area (Å²) < 4.78 is 0. The van der Waals surface area contributed by atoms with Crippen LogP contribution in [0.2, 0.25) is 0 Å². The van der Waals surface area contributed by atoms with Gasteiger partial charge in [0.2, 0.25) is 0 Å². The second-order valence-corrected chi connectivity index (χ2v) is 4.87. The van der Waals surface area contributed by atoms with Crippen LogP contribution in [0.1, 0.15) is 12.5 Å². The molecule has 94 valence electrons. The van der Waals surface area contributed by atoms with Gasteiger partial charge in [0.05, 0.1) is 6.61 Å². The van der Waals surface area contributed by atoms with E-state index in [0.717, 1.165) is 26.1 Å². The van der Waals surface area contributed by atoms with Crippen LogP contribution in [-0.4, -0.2) is 48.3 Å². The normalized spacial score (nSPS) is 26.0. The number of aliphatic hydroxyl groups excluding tert-OH is 1. The summed E-state index contributed by atoms with van der Waals surface area (Å²) in [4.78, 5) is 2.46. The molecule has 0 radical (unpaired) electrons. The molecule has 0 aliphatic carbocycles. The van der Waals surface area contributed by atoms with E-state index in [1.807, 2.05) is 0 Å². The Morgan fingerprint density at radius 1 is 1.35 bits per heavy atom. The first-order valence-electron chi connectivity index (χ1n) is 6.42. The van der Waals surface area contributed by atoms with Crippen molar-refractivity contribution in [3.05, 3.63) is 35.9 Å². The SMILES string of the molecule is CC1CNC(CO)CN1CCc1ccccc1. The number of benzene rings is 1. The molecule has 17 heavy (non-hydrogen) atoms. The molecule has 2 atom stereocenters. The van der Waals surface area contributed by atoms with Gasteiger partial charge < -0.3 is 10.4 Å². The van der Waals surface area contributed by atoms with Gasteiger partial charge in [-0.05, 0) is 18.9 Å². The van der Waals surface area contributed by atoms with Crippen LogP contribution in [0, 0.1) is 0 Å². The van der Waals surface area contributed by atoms with Crippen molar-refractivity contribution in [2.24, 2.45) is 0 Å². The van der Waals surface area contributed by atoms with Crippen molar-refractivity contribution in [1.82, 2.24) is 10.2 Å². The Morgan fingerprint density at radius 3 is 2.82 bits per heavy atom. The molecule has 1 fully saturated rings. The maximum Gasteiger partial charge on any atom is 0.0597 e. The van der Waals surface area contributed by atoms with Gasteiger partial charge >= 0.3 is 0 Å². The number of nitrogens with zero attached hydrogens (tertiary/aromatic N) is 1. The van der Waals surface area contributed by atoms with E-state index in [-0.39, 0.29) is 12.6 Å². The summed E-state index contributed by atoms with van der Waals surface area (Å²) in [5, 5.41) is 12.5. The monoisotopic (exact) mass is 234 g/mol. The molecule has 2 N–H and O–H groups in total. The zero-order chi connectivity index (χ0) is 12.1. The number of aliphatic hydroxyl groups is 1. The van der Waals surface area contributed by atoms with E-state index in [1.165, 1.54) is 5.56 Å². The Bertz CT molecular complexity index is 328. The first-order chi connectivity index (χ1) is 8.29. The molecule has 1 heterocycles. The lowest BCUT2D eigenvalue weighted by Gasteiger charge is -2.38. The Hall–Kier alpha value is -0.900. The second kappa shape index (κ2) is 6.15. The van der Waals surface area contributed by atoms with E-state index in [0.29, 0.717) is 6.04 Å². The number of rotatable bonds is 4. The third-order valence-electron chi connectivity index (χ3n) is 3.53. The molecule has 0 amide bonds. The summed E-state index contributed by atoms with van der Waals surface area (Å²) in [6.45, 7) is 5.47. The van der Waals surface area contributed by atoms with E-state index < -0.39 is 0 Å². The molecule has 0 bridgehead atoms. The average molecular weight is 234 g/mol. The summed E-state index contributed by atoms with van der Waals surface area (Å²) in [6, 6.07) is 11.4. The molecule has 0 aromatic heterocycles. The summed E-state index contributed by atoms with van der Waals surface area (Å²) in [7, 11) is 0. The largest absolute Gasteiger partial charge is 0.395 e. The van der Waals surface area contributed by atoms with Crippen LogP contribution in [0.15, 0.2) is 30.3 Å². The first kappa shape index (κ1) is 12.6. The van der Waals surface area contributed by atoms with Crippen LogP contribution in [-0.2, 0) is 6.42 Å². The van der Waals surface area contributed by atoms with Crippen LogP contribution in [0.4, 0.5) is 0 Å². The maximum absolute atomic E-state index is 9.19. The van der Waals surface area contributed by atoms with Gasteiger partial charge in [0, 0.05) is 31.7 Å². The number of piperazine rings is 1. The predicted octanol–water partition coefficient (Wildman–Crippen LogP) is 0.884. The minimum Gasteiger partial charge on any atom is -0.395 e. The van der Waals surface area contributed by atoms with E-state index >= 15 is 0 Å². The molecule has 1 aliphatic heterocycles. The highest BCUT2D eigenvalue weighted by Crippen LogP contribution is 2.09.